The number of hydrogen-bond acceptors (Lipinski definition) is 4. The maximum Gasteiger partial charge on any atom is 0.244 e. The molecule has 2 heterocycles. The Morgan fingerprint density at radius 2 is 1.06 bits per heavy atom. The van der Waals surface area contributed by atoms with Gasteiger partial charge in [-0.1, -0.05) is 12.2 Å². The second-order valence-corrected chi connectivity index (χ2v) is 4.26. The van der Waals surface area contributed by atoms with Crippen LogP contribution in [0.15, 0.2) is 12.2 Å². The quantitative estimate of drug-likeness (QED) is 0.299. The fourth-order valence-corrected chi connectivity index (χ4v) is 2.85. The van der Waals surface area contributed by atoms with Crippen LogP contribution in [0.4, 0.5) is 0 Å². The van der Waals surface area contributed by atoms with Crippen LogP contribution in [-0.4, -0.2) is 23.6 Å². The van der Waals surface area contributed by atoms with Gasteiger partial charge in [-0.05, 0) is 12.8 Å². The lowest BCUT2D eigenvalue weighted by Crippen LogP contribution is -2.48. The van der Waals surface area contributed by atoms with Crippen molar-refractivity contribution in [1.29, 1.82) is 0 Å². The van der Waals surface area contributed by atoms with Crippen molar-refractivity contribution in [3.63, 3.8) is 0 Å². The molecule has 0 bridgehead atoms. The monoisotopic (exact) mass is 220 g/mol. The Kier molecular flexibility index (Phi) is 1.39. The smallest absolute Gasteiger partial charge is 0.244 e. The molecule has 0 radical (unpaired) electrons. The second-order valence-electron chi connectivity index (χ2n) is 4.26. The fraction of sp³-hybridized carbons (Fsp3) is 0.400. The minimum absolute atomic E-state index is 0.0994. The first-order valence-corrected chi connectivity index (χ1v) is 4.92. The molecule has 0 atom stereocenters. The van der Waals surface area contributed by atoms with Crippen molar-refractivity contribution in [2.75, 3.05) is 0 Å². The van der Waals surface area contributed by atoms with Crippen LogP contribution >= 0.6 is 0 Å². The van der Waals surface area contributed by atoms with Gasteiger partial charge in [0.15, 0.2) is 10.8 Å². The molecule has 82 valence electrons. The molecule has 16 heavy (non-hydrogen) atoms. The molecule has 2 saturated heterocycles. The van der Waals surface area contributed by atoms with Crippen molar-refractivity contribution in [2.24, 2.45) is 10.8 Å². The van der Waals surface area contributed by atoms with Crippen LogP contribution in [0.5, 0.6) is 0 Å². The number of imide groups is 2. The molecular formula is C10H8N2O4. The number of allylic oxidation sites excluding steroid dienone is 2. The molecule has 3 rings (SSSR count). The van der Waals surface area contributed by atoms with Crippen molar-refractivity contribution < 1.29 is 19.2 Å². The number of rotatable bonds is 0. The number of hydrogen-bond donors (Lipinski definition) is 2. The van der Waals surface area contributed by atoms with E-state index < -0.39 is 34.5 Å². The van der Waals surface area contributed by atoms with E-state index in [1.807, 2.05) is 0 Å². The molecule has 0 unspecified atom stereocenters. The Labute approximate surface area is 90.1 Å². The largest absolute Gasteiger partial charge is 0.294 e. The van der Waals surface area contributed by atoms with E-state index >= 15 is 0 Å². The van der Waals surface area contributed by atoms with E-state index in [1.54, 1.807) is 12.2 Å². The normalized spacial score (nSPS) is 40.5. The molecule has 6 nitrogen and oxygen atoms in total. The predicted octanol–water partition coefficient (Wildman–Crippen LogP) is -1.38. The highest BCUT2D eigenvalue weighted by atomic mass is 16.2. The van der Waals surface area contributed by atoms with Gasteiger partial charge in [0.25, 0.3) is 0 Å². The van der Waals surface area contributed by atoms with Gasteiger partial charge in [-0.2, -0.15) is 0 Å². The second kappa shape index (κ2) is 2.40. The Bertz CT molecular complexity index is 419. The molecule has 4 amide bonds. The number of amides is 4. The molecule has 2 fully saturated rings. The summed E-state index contributed by atoms with van der Waals surface area (Å²) < 4.78 is 0. The molecule has 0 aromatic rings. The Morgan fingerprint density at radius 1 is 0.750 bits per heavy atom. The summed E-state index contributed by atoms with van der Waals surface area (Å²) in [6, 6.07) is 0. The molecular weight excluding hydrogens is 212 g/mol. The summed E-state index contributed by atoms with van der Waals surface area (Å²) in [5.41, 5.74) is -3.09. The first-order valence-electron chi connectivity index (χ1n) is 4.92. The standard InChI is InChI=1S/C10H8N2O4/c13-5-9-3-1-2-4-10(9,7(15)11-5)8(16)12-6(9)14/h1-2H,3-4H2,(H,11,13,15)(H,12,14,16). The minimum Gasteiger partial charge on any atom is -0.294 e. The molecule has 0 aromatic heterocycles. The zero-order valence-electron chi connectivity index (χ0n) is 8.20. The van der Waals surface area contributed by atoms with Crippen LogP contribution in [0.25, 0.3) is 0 Å². The maximum atomic E-state index is 11.8. The van der Waals surface area contributed by atoms with Gasteiger partial charge in [-0.3, -0.25) is 29.8 Å². The third kappa shape index (κ3) is 0.633. The van der Waals surface area contributed by atoms with Crippen molar-refractivity contribution in [3.05, 3.63) is 12.2 Å². The lowest BCUT2D eigenvalue weighted by molar-refractivity contribution is -0.147. The summed E-state index contributed by atoms with van der Waals surface area (Å²) >= 11 is 0. The summed E-state index contributed by atoms with van der Waals surface area (Å²) in [7, 11) is 0. The molecule has 0 aromatic carbocycles. The van der Waals surface area contributed by atoms with Gasteiger partial charge in [0.2, 0.25) is 23.6 Å². The fourth-order valence-electron chi connectivity index (χ4n) is 2.85. The van der Waals surface area contributed by atoms with E-state index in [1.165, 1.54) is 0 Å². The zero-order valence-corrected chi connectivity index (χ0v) is 8.20. The number of nitrogens with one attached hydrogen (secondary N) is 2. The highest BCUT2D eigenvalue weighted by Crippen LogP contribution is 2.55. The molecule has 1 aliphatic carbocycles. The van der Waals surface area contributed by atoms with Crippen LogP contribution in [0.1, 0.15) is 12.8 Å². The van der Waals surface area contributed by atoms with E-state index in [0.29, 0.717) is 0 Å². The van der Waals surface area contributed by atoms with Gasteiger partial charge >= 0.3 is 0 Å². The average molecular weight is 220 g/mol. The number of carbonyl (C=O) groups is 4. The van der Waals surface area contributed by atoms with E-state index in [-0.39, 0.29) is 12.8 Å². The molecule has 0 spiro atoms. The Morgan fingerprint density at radius 3 is 1.38 bits per heavy atom. The predicted molar refractivity (Wildman–Crippen MR) is 49.5 cm³/mol. The Balaban J connectivity index is 2.35. The highest BCUT2D eigenvalue weighted by Gasteiger charge is 2.77. The van der Waals surface area contributed by atoms with Gasteiger partial charge in [0.05, 0.1) is 0 Å². The van der Waals surface area contributed by atoms with Crippen molar-refractivity contribution in [2.45, 2.75) is 12.8 Å². The lowest BCUT2D eigenvalue weighted by Gasteiger charge is -2.31. The molecule has 2 aliphatic heterocycles. The third-order valence-corrected chi connectivity index (χ3v) is 3.75. The van der Waals surface area contributed by atoms with E-state index in [0.717, 1.165) is 0 Å². The zero-order chi connectivity index (χ0) is 11.6. The van der Waals surface area contributed by atoms with Crippen LogP contribution in [0.3, 0.4) is 0 Å². The summed E-state index contributed by atoms with van der Waals surface area (Å²) in [6.45, 7) is 0. The highest BCUT2D eigenvalue weighted by molar-refractivity contribution is 6.34. The van der Waals surface area contributed by atoms with E-state index in [2.05, 4.69) is 10.6 Å². The SMILES string of the molecule is O=C1NC(=O)C23CC=CCC12C(=O)NC3=O. The first-order chi connectivity index (χ1) is 7.55. The van der Waals surface area contributed by atoms with Gasteiger partial charge in [0.1, 0.15) is 0 Å². The van der Waals surface area contributed by atoms with E-state index in [4.69, 9.17) is 0 Å². The van der Waals surface area contributed by atoms with E-state index in [9.17, 15) is 19.2 Å². The summed E-state index contributed by atoms with van der Waals surface area (Å²) in [6.07, 6.45) is 3.52. The maximum absolute atomic E-state index is 11.8. The van der Waals surface area contributed by atoms with Crippen LogP contribution in [-0.2, 0) is 19.2 Å². The molecule has 3 aliphatic rings. The van der Waals surface area contributed by atoms with Crippen molar-refractivity contribution in [1.82, 2.24) is 10.6 Å². The van der Waals surface area contributed by atoms with Gasteiger partial charge in [0, 0.05) is 0 Å². The molecule has 0 saturated carbocycles. The average Bonchev–Trinajstić information content (AvgIpc) is 2.63. The number of carbonyl (C=O) groups excluding carboxylic acids is 4. The van der Waals surface area contributed by atoms with Gasteiger partial charge < -0.3 is 0 Å². The van der Waals surface area contributed by atoms with Crippen molar-refractivity contribution >= 4 is 23.6 Å². The lowest BCUT2D eigenvalue weighted by atomic mass is 9.60. The molecule has 6 heteroatoms. The first kappa shape index (κ1) is 9.26. The topological polar surface area (TPSA) is 92.3 Å². The van der Waals surface area contributed by atoms with Crippen LogP contribution in [0, 0.1) is 10.8 Å². The summed E-state index contributed by atoms with van der Waals surface area (Å²) in [5.74, 6) is -2.65. The van der Waals surface area contributed by atoms with Crippen molar-refractivity contribution in [3.8, 4) is 0 Å². The molecule has 2 N–H and O–H groups in total. The Hall–Kier alpha value is -1.98. The van der Waals surface area contributed by atoms with Gasteiger partial charge in [-0.25, -0.2) is 0 Å². The minimum atomic E-state index is -1.55. The third-order valence-electron chi connectivity index (χ3n) is 3.75. The summed E-state index contributed by atoms with van der Waals surface area (Å²) in [4.78, 5) is 47.2. The van der Waals surface area contributed by atoms with Gasteiger partial charge in [-0.15, -0.1) is 0 Å². The van der Waals surface area contributed by atoms with Crippen LogP contribution in [0.2, 0.25) is 0 Å². The van der Waals surface area contributed by atoms with Crippen LogP contribution < -0.4 is 10.6 Å². The summed E-state index contributed by atoms with van der Waals surface area (Å²) in [5, 5.41) is 4.21.